The summed E-state index contributed by atoms with van der Waals surface area (Å²) in [7, 11) is 0. The first-order chi connectivity index (χ1) is 10.6. The largest absolute Gasteiger partial charge is 0.483 e. The van der Waals surface area contributed by atoms with Crippen molar-refractivity contribution in [3.05, 3.63) is 29.3 Å². The second-order valence-corrected chi connectivity index (χ2v) is 6.48. The molecule has 1 aliphatic rings. The minimum Gasteiger partial charge on any atom is -0.483 e. The molecule has 0 saturated carbocycles. The summed E-state index contributed by atoms with van der Waals surface area (Å²) in [6.07, 6.45) is 2.26. The summed E-state index contributed by atoms with van der Waals surface area (Å²) >= 11 is 0. The van der Waals surface area contributed by atoms with Crippen LogP contribution in [-0.4, -0.2) is 32.1 Å². The molecule has 1 amide bonds. The van der Waals surface area contributed by atoms with Crippen LogP contribution >= 0.6 is 12.4 Å². The van der Waals surface area contributed by atoms with Crippen molar-refractivity contribution in [3.63, 3.8) is 0 Å². The Kier molecular flexibility index (Phi) is 8.42. The first kappa shape index (κ1) is 19.8. The third-order valence-corrected chi connectivity index (χ3v) is 4.19. The van der Waals surface area contributed by atoms with Gasteiger partial charge in [0.1, 0.15) is 5.75 Å². The van der Waals surface area contributed by atoms with Gasteiger partial charge in [0.15, 0.2) is 6.61 Å². The van der Waals surface area contributed by atoms with E-state index in [2.05, 4.69) is 36.6 Å². The van der Waals surface area contributed by atoms with E-state index >= 15 is 0 Å². The lowest BCUT2D eigenvalue weighted by atomic mass is 10.0. The molecule has 1 heterocycles. The monoisotopic (exact) mass is 340 g/mol. The van der Waals surface area contributed by atoms with E-state index in [0.717, 1.165) is 42.9 Å². The second-order valence-electron chi connectivity index (χ2n) is 6.48. The average molecular weight is 341 g/mol. The van der Waals surface area contributed by atoms with Crippen LogP contribution in [0.5, 0.6) is 5.75 Å². The maximum atomic E-state index is 11.9. The van der Waals surface area contributed by atoms with Gasteiger partial charge in [-0.25, -0.2) is 0 Å². The van der Waals surface area contributed by atoms with Gasteiger partial charge in [0.2, 0.25) is 0 Å². The first-order valence-electron chi connectivity index (χ1n) is 8.27. The number of hydrogen-bond acceptors (Lipinski definition) is 3. The lowest BCUT2D eigenvalue weighted by molar-refractivity contribution is -0.123. The standard InChI is InChI=1S/C18H28N2O2.ClH/c1-13(2)16-5-4-14(3)10-17(16)22-12-18(21)20-9-7-15-6-8-19-11-15;/h4-5,10,13,15,19H,6-9,11-12H2,1-3H3,(H,20,21);1H. The molecule has 130 valence electrons. The Balaban J connectivity index is 0.00000264. The lowest BCUT2D eigenvalue weighted by Gasteiger charge is -2.15. The molecule has 0 radical (unpaired) electrons. The van der Waals surface area contributed by atoms with Crippen molar-refractivity contribution in [2.75, 3.05) is 26.2 Å². The van der Waals surface area contributed by atoms with Crippen molar-refractivity contribution in [3.8, 4) is 5.75 Å². The lowest BCUT2D eigenvalue weighted by Crippen LogP contribution is -2.31. The number of carbonyl (C=O) groups excluding carboxylic acids is 1. The third kappa shape index (κ3) is 6.40. The van der Waals surface area contributed by atoms with Crippen molar-refractivity contribution < 1.29 is 9.53 Å². The Morgan fingerprint density at radius 3 is 2.87 bits per heavy atom. The van der Waals surface area contributed by atoms with Crippen LogP contribution < -0.4 is 15.4 Å². The number of nitrogens with one attached hydrogen (secondary N) is 2. The Morgan fingerprint density at radius 1 is 1.43 bits per heavy atom. The predicted molar refractivity (Wildman–Crippen MR) is 96.6 cm³/mol. The fraction of sp³-hybridized carbons (Fsp3) is 0.611. The van der Waals surface area contributed by atoms with Gasteiger partial charge in [-0.15, -0.1) is 12.4 Å². The first-order valence-corrected chi connectivity index (χ1v) is 8.27. The number of halogens is 1. The molecular weight excluding hydrogens is 312 g/mol. The molecule has 1 fully saturated rings. The van der Waals surface area contributed by atoms with Crippen molar-refractivity contribution in [1.29, 1.82) is 0 Å². The number of amides is 1. The van der Waals surface area contributed by atoms with Gasteiger partial charge in [0.05, 0.1) is 0 Å². The Morgan fingerprint density at radius 2 is 2.22 bits per heavy atom. The molecule has 1 aromatic rings. The van der Waals surface area contributed by atoms with Crippen molar-refractivity contribution in [2.24, 2.45) is 5.92 Å². The van der Waals surface area contributed by atoms with Crippen LogP contribution in [0.15, 0.2) is 18.2 Å². The van der Waals surface area contributed by atoms with Gasteiger partial charge in [0.25, 0.3) is 5.91 Å². The number of hydrogen-bond donors (Lipinski definition) is 2. The summed E-state index contributed by atoms with van der Waals surface area (Å²) < 4.78 is 5.74. The molecule has 1 atom stereocenters. The number of benzene rings is 1. The van der Waals surface area contributed by atoms with Crippen LogP contribution in [0.1, 0.15) is 43.7 Å². The van der Waals surface area contributed by atoms with Gasteiger partial charge in [-0.3, -0.25) is 4.79 Å². The molecule has 1 unspecified atom stereocenters. The van der Waals surface area contributed by atoms with Crippen LogP contribution in [0.3, 0.4) is 0 Å². The van der Waals surface area contributed by atoms with Crippen molar-refractivity contribution >= 4 is 18.3 Å². The highest BCUT2D eigenvalue weighted by molar-refractivity contribution is 5.85. The van der Waals surface area contributed by atoms with Crippen LogP contribution in [-0.2, 0) is 4.79 Å². The molecule has 2 N–H and O–H groups in total. The summed E-state index contributed by atoms with van der Waals surface area (Å²) in [5, 5.41) is 6.29. The van der Waals surface area contributed by atoms with Crippen molar-refractivity contribution in [1.82, 2.24) is 10.6 Å². The number of ether oxygens (including phenoxy) is 1. The summed E-state index contributed by atoms with van der Waals surface area (Å²) in [5.74, 6) is 1.87. The minimum absolute atomic E-state index is 0. The summed E-state index contributed by atoms with van der Waals surface area (Å²) in [6, 6.07) is 6.17. The van der Waals surface area contributed by atoms with Gasteiger partial charge in [-0.1, -0.05) is 26.0 Å². The van der Waals surface area contributed by atoms with E-state index in [9.17, 15) is 4.79 Å². The molecule has 1 aliphatic heterocycles. The smallest absolute Gasteiger partial charge is 0.257 e. The zero-order valence-electron chi connectivity index (χ0n) is 14.4. The van der Waals surface area contributed by atoms with E-state index in [1.807, 2.05) is 13.0 Å². The molecule has 0 aliphatic carbocycles. The molecule has 1 saturated heterocycles. The van der Waals surface area contributed by atoms with Gasteiger partial charge >= 0.3 is 0 Å². The highest BCUT2D eigenvalue weighted by Crippen LogP contribution is 2.27. The third-order valence-electron chi connectivity index (χ3n) is 4.19. The Hall–Kier alpha value is -1.26. The predicted octanol–water partition coefficient (Wildman–Crippen LogP) is 3.03. The van der Waals surface area contributed by atoms with E-state index in [1.54, 1.807) is 0 Å². The average Bonchev–Trinajstić information content (AvgIpc) is 2.98. The fourth-order valence-electron chi connectivity index (χ4n) is 2.81. The molecule has 23 heavy (non-hydrogen) atoms. The minimum atomic E-state index is -0.0397. The molecule has 2 rings (SSSR count). The van der Waals surface area contributed by atoms with Gasteiger partial charge in [-0.2, -0.15) is 0 Å². The SMILES string of the molecule is Cc1ccc(C(C)C)c(OCC(=O)NCCC2CCNC2)c1.Cl. The topological polar surface area (TPSA) is 50.4 Å². The van der Waals surface area contributed by atoms with Crippen LogP contribution in [0, 0.1) is 12.8 Å². The molecule has 1 aromatic carbocycles. The number of aryl methyl sites for hydroxylation is 1. The molecule has 0 aromatic heterocycles. The van der Waals surface area contributed by atoms with E-state index < -0.39 is 0 Å². The van der Waals surface area contributed by atoms with Gasteiger partial charge in [0, 0.05) is 6.54 Å². The van der Waals surface area contributed by atoms with Crippen LogP contribution in [0.2, 0.25) is 0 Å². The molecule has 4 nitrogen and oxygen atoms in total. The summed E-state index contributed by atoms with van der Waals surface area (Å²) in [4.78, 5) is 11.9. The highest BCUT2D eigenvalue weighted by Gasteiger charge is 2.14. The fourth-order valence-corrected chi connectivity index (χ4v) is 2.81. The summed E-state index contributed by atoms with van der Waals surface area (Å²) in [6.45, 7) is 9.30. The molecule has 0 bridgehead atoms. The molecule has 0 spiro atoms. The van der Waals surface area contributed by atoms with Gasteiger partial charge < -0.3 is 15.4 Å². The molecular formula is C18H29ClN2O2. The van der Waals surface area contributed by atoms with E-state index in [4.69, 9.17) is 4.74 Å². The maximum absolute atomic E-state index is 11.9. The van der Waals surface area contributed by atoms with Gasteiger partial charge in [-0.05, 0) is 61.9 Å². The summed E-state index contributed by atoms with van der Waals surface area (Å²) in [5.41, 5.74) is 2.30. The van der Waals surface area contributed by atoms with E-state index in [-0.39, 0.29) is 24.9 Å². The zero-order chi connectivity index (χ0) is 15.9. The maximum Gasteiger partial charge on any atom is 0.257 e. The molecule has 5 heteroatoms. The second kappa shape index (κ2) is 9.78. The normalized spacial score (nSPS) is 17.0. The van der Waals surface area contributed by atoms with Crippen molar-refractivity contribution in [2.45, 2.75) is 39.5 Å². The van der Waals surface area contributed by atoms with E-state index in [1.165, 1.54) is 6.42 Å². The van der Waals surface area contributed by atoms with Crippen LogP contribution in [0.4, 0.5) is 0 Å². The highest BCUT2D eigenvalue weighted by atomic mass is 35.5. The van der Waals surface area contributed by atoms with Crippen LogP contribution in [0.25, 0.3) is 0 Å². The quantitative estimate of drug-likeness (QED) is 0.802. The van der Waals surface area contributed by atoms with E-state index in [0.29, 0.717) is 11.8 Å². The Bertz CT molecular complexity index is 500. The Labute approximate surface area is 145 Å². The number of carbonyl (C=O) groups is 1. The number of rotatable bonds is 7. The zero-order valence-corrected chi connectivity index (χ0v) is 15.2.